The summed E-state index contributed by atoms with van der Waals surface area (Å²) in [6.07, 6.45) is 5.55. The van der Waals surface area contributed by atoms with Crippen LogP contribution in [0.4, 0.5) is 5.69 Å². The van der Waals surface area contributed by atoms with Crippen molar-refractivity contribution in [1.82, 2.24) is 9.80 Å². The van der Waals surface area contributed by atoms with Crippen LogP contribution in [0, 0.1) is 23.7 Å². The highest BCUT2D eigenvalue weighted by molar-refractivity contribution is 5.94. The largest absolute Gasteiger partial charge is 0.504 e. The van der Waals surface area contributed by atoms with E-state index in [1.54, 1.807) is 6.08 Å². The van der Waals surface area contributed by atoms with E-state index in [1.807, 2.05) is 53.4 Å². The van der Waals surface area contributed by atoms with Crippen LogP contribution in [0.3, 0.4) is 0 Å². The summed E-state index contributed by atoms with van der Waals surface area (Å²) >= 11 is 0. The molecule has 3 aliphatic heterocycles. The third kappa shape index (κ3) is 5.89. The second kappa shape index (κ2) is 11.1. The van der Waals surface area contributed by atoms with E-state index in [-0.39, 0.29) is 11.7 Å². The summed E-state index contributed by atoms with van der Waals surface area (Å²) in [5, 5.41) is 13.2. The van der Waals surface area contributed by atoms with E-state index in [4.69, 9.17) is 4.74 Å². The van der Waals surface area contributed by atoms with Gasteiger partial charge in [0.15, 0.2) is 11.5 Å². The fourth-order valence-electron chi connectivity index (χ4n) is 4.75. The van der Waals surface area contributed by atoms with Gasteiger partial charge in [0.25, 0.3) is 5.91 Å². The number of piperazine rings is 1. The standard InChI is InChI=1S/C31H29N3O3/c1-23-16-20-37-29(30(23)35)21-32-27-14-10-25(11-15-27)6-3-2-5-24-8-12-26(13-9-24)31(36)34-19-18-33-17-4-7-28(33)22-34/h8-16,20,28,32,35H,1,4,7,17-19,21-22H2. The number of carbonyl (C=O) groups excluding carboxylic acids is 1. The molecule has 1 amide bonds. The van der Waals surface area contributed by atoms with Crippen molar-refractivity contribution in [2.45, 2.75) is 18.9 Å². The SMILES string of the molecule is C=C1C=COC(CNc2ccc(C#CC#Cc3ccc(C(=O)N4CCN5CCCC5C4)cc3)cc2)=C1O. The maximum atomic E-state index is 12.9. The van der Waals surface area contributed by atoms with Crippen LogP contribution in [0.1, 0.15) is 34.3 Å². The highest BCUT2D eigenvalue weighted by Crippen LogP contribution is 2.23. The molecule has 0 radical (unpaired) electrons. The molecule has 2 saturated heterocycles. The van der Waals surface area contributed by atoms with Crippen molar-refractivity contribution in [2.75, 3.05) is 38.0 Å². The first kappa shape index (κ1) is 24.3. The molecule has 2 aromatic carbocycles. The molecule has 186 valence electrons. The van der Waals surface area contributed by atoms with Crippen LogP contribution in [0.2, 0.25) is 0 Å². The molecule has 0 spiro atoms. The van der Waals surface area contributed by atoms with E-state index < -0.39 is 0 Å². The summed E-state index contributed by atoms with van der Waals surface area (Å²) in [6, 6.07) is 15.6. The fourth-order valence-corrected chi connectivity index (χ4v) is 4.75. The molecule has 5 rings (SSSR count). The number of hydrogen-bond donors (Lipinski definition) is 2. The van der Waals surface area contributed by atoms with Crippen LogP contribution in [0.25, 0.3) is 0 Å². The molecular formula is C31H29N3O3. The molecule has 0 aromatic heterocycles. The summed E-state index contributed by atoms with van der Waals surface area (Å²) in [6.45, 7) is 7.87. The summed E-state index contributed by atoms with van der Waals surface area (Å²) in [4.78, 5) is 17.4. The second-order valence-corrected chi connectivity index (χ2v) is 9.31. The van der Waals surface area contributed by atoms with Gasteiger partial charge >= 0.3 is 0 Å². The molecule has 6 nitrogen and oxygen atoms in total. The molecule has 2 N–H and O–H groups in total. The third-order valence-corrected chi connectivity index (χ3v) is 6.87. The monoisotopic (exact) mass is 491 g/mol. The van der Waals surface area contributed by atoms with E-state index in [2.05, 4.69) is 40.5 Å². The fraction of sp³-hybridized carbons (Fsp3) is 0.258. The van der Waals surface area contributed by atoms with Crippen LogP contribution >= 0.6 is 0 Å². The number of fused-ring (bicyclic) bond motifs is 1. The van der Waals surface area contributed by atoms with Crippen LogP contribution in [-0.4, -0.2) is 59.6 Å². The number of allylic oxidation sites excluding steroid dienone is 1. The molecule has 0 bridgehead atoms. The molecule has 3 aliphatic rings. The van der Waals surface area contributed by atoms with Gasteiger partial charge < -0.3 is 20.1 Å². The number of rotatable bonds is 4. The Morgan fingerprint density at radius 2 is 1.73 bits per heavy atom. The number of aliphatic hydroxyl groups excluding tert-OH is 1. The predicted molar refractivity (Wildman–Crippen MR) is 145 cm³/mol. The number of nitrogens with zero attached hydrogens (tertiary/aromatic N) is 2. The minimum Gasteiger partial charge on any atom is -0.504 e. The normalized spacial score (nSPS) is 18.8. The van der Waals surface area contributed by atoms with Gasteiger partial charge in [-0.3, -0.25) is 9.69 Å². The van der Waals surface area contributed by atoms with Gasteiger partial charge in [-0.2, -0.15) is 0 Å². The van der Waals surface area contributed by atoms with Crippen molar-refractivity contribution in [3.05, 3.63) is 101 Å². The van der Waals surface area contributed by atoms with Crippen molar-refractivity contribution in [1.29, 1.82) is 0 Å². The van der Waals surface area contributed by atoms with Gasteiger partial charge in [-0.15, -0.1) is 0 Å². The quantitative estimate of drug-likeness (QED) is 0.625. The lowest BCUT2D eigenvalue weighted by Crippen LogP contribution is -2.52. The van der Waals surface area contributed by atoms with E-state index in [1.165, 1.54) is 25.6 Å². The number of nitrogens with one attached hydrogen (secondary N) is 1. The maximum Gasteiger partial charge on any atom is 0.253 e. The van der Waals surface area contributed by atoms with Crippen molar-refractivity contribution in [3.63, 3.8) is 0 Å². The third-order valence-electron chi connectivity index (χ3n) is 6.87. The molecule has 1 unspecified atom stereocenters. The number of carbonyl (C=O) groups is 1. The van der Waals surface area contributed by atoms with Crippen LogP contribution in [-0.2, 0) is 4.74 Å². The Morgan fingerprint density at radius 1 is 1.03 bits per heavy atom. The van der Waals surface area contributed by atoms with Gasteiger partial charge in [0, 0.05) is 53.6 Å². The Hall–Kier alpha value is -4.39. The topological polar surface area (TPSA) is 65.0 Å². The van der Waals surface area contributed by atoms with Crippen molar-refractivity contribution < 1.29 is 14.6 Å². The van der Waals surface area contributed by atoms with Gasteiger partial charge in [0.2, 0.25) is 0 Å². The first-order valence-electron chi connectivity index (χ1n) is 12.5. The Labute approximate surface area is 217 Å². The van der Waals surface area contributed by atoms with Crippen molar-refractivity contribution in [2.24, 2.45) is 0 Å². The number of aliphatic hydroxyl groups is 1. The Kier molecular flexibility index (Phi) is 7.31. The molecule has 2 fully saturated rings. The number of ether oxygens (including phenoxy) is 1. The lowest BCUT2D eigenvalue weighted by atomic mass is 10.1. The minimum absolute atomic E-state index is 0.0553. The van der Waals surface area contributed by atoms with Crippen molar-refractivity contribution in [3.8, 4) is 23.7 Å². The van der Waals surface area contributed by atoms with Crippen LogP contribution in [0.15, 0.2) is 84.5 Å². The lowest BCUT2D eigenvalue weighted by Gasteiger charge is -2.37. The molecule has 1 atom stereocenters. The summed E-state index contributed by atoms with van der Waals surface area (Å²) in [5.74, 6) is 12.4. The number of anilines is 1. The average molecular weight is 492 g/mol. The molecule has 3 heterocycles. The zero-order valence-electron chi connectivity index (χ0n) is 20.7. The summed E-state index contributed by atoms with van der Waals surface area (Å²) in [7, 11) is 0. The molecule has 2 aromatic rings. The summed E-state index contributed by atoms with van der Waals surface area (Å²) < 4.78 is 5.34. The van der Waals surface area contributed by atoms with E-state index in [9.17, 15) is 9.90 Å². The maximum absolute atomic E-state index is 12.9. The molecule has 6 heteroatoms. The Bertz CT molecular complexity index is 1370. The van der Waals surface area contributed by atoms with E-state index in [0.29, 0.717) is 29.5 Å². The van der Waals surface area contributed by atoms with Crippen molar-refractivity contribution >= 4 is 11.6 Å². The highest BCUT2D eigenvalue weighted by Gasteiger charge is 2.32. The highest BCUT2D eigenvalue weighted by atomic mass is 16.5. The van der Waals surface area contributed by atoms with Crippen LogP contribution < -0.4 is 5.32 Å². The zero-order chi connectivity index (χ0) is 25.6. The molecule has 0 aliphatic carbocycles. The Morgan fingerprint density at radius 3 is 2.46 bits per heavy atom. The molecular weight excluding hydrogens is 462 g/mol. The smallest absolute Gasteiger partial charge is 0.253 e. The minimum atomic E-state index is 0.0553. The summed E-state index contributed by atoms with van der Waals surface area (Å²) in [5.41, 5.74) is 3.78. The van der Waals surface area contributed by atoms with E-state index >= 15 is 0 Å². The van der Waals surface area contributed by atoms with E-state index in [0.717, 1.165) is 36.4 Å². The van der Waals surface area contributed by atoms with Gasteiger partial charge in [0.05, 0.1) is 12.8 Å². The first-order valence-corrected chi connectivity index (χ1v) is 12.5. The van der Waals surface area contributed by atoms with Gasteiger partial charge in [-0.1, -0.05) is 18.4 Å². The first-order chi connectivity index (χ1) is 18.1. The molecule has 37 heavy (non-hydrogen) atoms. The molecule has 0 saturated carbocycles. The predicted octanol–water partition coefficient (Wildman–Crippen LogP) is 4.29. The second-order valence-electron chi connectivity index (χ2n) is 9.31. The van der Waals surface area contributed by atoms with Gasteiger partial charge in [0.1, 0.15) is 0 Å². The number of benzene rings is 2. The Balaban J connectivity index is 1.13. The lowest BCUT2D eigenvalue weighted by molar-refractivity contribution is 0.0571. The van der Waals surface area contributed by atoms with Crippen LogP contribution in [0.5, 0.6) is 0 Å². The van der Waals surface area contributed by atoms with Gasteiger partial charge in [-0.25, -0.2) is 0 Å². The van der Waals surface area contributed by atoms with Gasteiger partial charge in [-0.05, 0) is 85.8 Å². The number of amides is 1. The zero-order valence-corrected chi connectivity index (χ0v) is 20.7. The average Bonchev–Trinajstić information content (AvgIpc) is 3.41. The number of hydrogen-bond acceptors (Lipinski definition) is 5.